The highest BCUT2D eigenvalue weighted by Crippen LogP contribution is 2.59. The maximum atomic E-state index is 12.3. The lowest BCUT2D eigenvalue weighted by molar-refractivity contribution is -0.122. The molecule has 4 aliphatic carbocycles. The van der Waals surface area contributed by atoms with Crippen LogP contribution in [0.25, 0.3) is 0 Å². The summed E-state index contributed by atoms with van der Waals surface area (Å²) in [4.78, 5) is 24.5. The number of amides is 2. The fraction of sp³-hybridized carbons (Fsp3) is 0.636. The summed E-state index contributed by atoms with van der Waals surface area (Å²) in [6, 6.07) is 5.63. The monoisotopic (exact) mass is 354 g/mol. The van der Waals surface area contributed by atoms with Crippen LogP contribution in [-0.2, 0) is 4.79 Å². The van der Waals surface area contributed by atoms with Gasteiger partial charge in [0, 0.05) is 12.1 Å². The van der Waals surface area contributed by atoms with Crippen molar-refractivity contribution in [1.82, 2.24) is 10.6 Å². The Labute approximate surface area is 156 Å². The van der Waals surface area contributed by atoms with Gasteiger partial charge in [-0.05, 0) is 98.8 Å². The molecular formula is C22H30N2O2. The second-order valence-corrected chi connectivity index (χ2v) is 9.18. The summed E-state index contributed by atoms with van der Waals surface area (Å²) >= 11 is 0. The van der Waals surface area contributed by atoms with Crippen LogP contribution in [0.15, 0.2) is 18.2 Å². The van der Waals surface area contributed by atoms with Crippen LogP contribution in [0, 0.1) is 37.0 Å². The van der Waals surface area contributed by atoms with E-state index >= 15 is 0 Å². The van der Waals surface area contributed by atoms with E-state index in [4.69, 9.17) is 0 Å². The standard InChI is InChI=1S/C22H30N2O2/c1-14-3-4-19(5-15(14)2)21(26)23-12-20(25)24-13-22-9-16-6-17(10-22)8-18(7-16)11-22/h3-5,16-18H,6-13H2,1-2H3,(H,23,26)(H,24,25). The number of hydrogen-bond acceptors (Lipinski definition) is 2. The molecule has 5 rings (SSSR count). The number of hydrogen-bond donors (Lipinski definition) is 2. The summed E-state index contributed by atoms with van der Waals surface area (Å²) in [6.07, 6.45) is 8.11. The molecule has 0 aliphatic heterocycles. The van der Waals surface area contributed by atoms with Gasteiger partial charge in [0.2, 0.25) is 5.91 Å². The number of carbonyl (C=O) groups excluding carboxylic acids is 2. The maximum absolute atomic E-state index is 12.3. The van der Waals surface area contributed by atoms with Crippen LogP contribution in [0.2, 0.25) is 0 Å². The molecule has 4 bridgehead atoms. The summed E-state index contributed by atoms with van der Waals surface area (Å²) in [5, 5.41) is 5.87. The van der Waals surface area contributed by atoms with Crippen LogP contribution >= 0.6 is 0 Å². The molecule has 4 fully saturated rings. The van der Waals surface area contributed by atoms with Gasteiger partial charge in [-0.2, -0.15) is 0 Å². The Morgan fingerprint density at radius 1 is 0.962 bits per heavy atom. The zero-order valence-electron chi connectivity index (χ0n) is 15.9. The molecule has 0 heterocycles. The molecule has 4 nitrogen and oxygen atoms in total. The maximum Gasteiger partial charge on any atom is 0.251 e. The lowest BCUT2D eigenvalue weighted by atomic mass is 9.49. The number of aryl methyl sites for hydroxylation is 2. The molecule has 0 atom stereocenters. The average molecular weight is 354 g/mol. The fourth-order valence-electron chi connectivity index (χ4n) is 6.00. The third-order valence-corrected chi connectivity index (χ3v) is 7.00. The van der Waals surface area contributed by atoms with Crippen molar-refractivity contribution in [3.63, 3.8) is 0 Å². The molecule has 1 aromatic carbocycles. The molecule has 140 valence electrons. The van der Waals surface area contributed by atoms with Crippen molar-refractivity contribution in [1.29, 1.82) is 0 Å². The van der Waals surface area contributed by atoms with Crippen molar-refractivity contribution in [2.24, 2.45) is 23.2 Å². The van der Waals surface area contributed by atoms with Crippen LogP contribution in [-0.4, -0.2) is 24.9 Å². The molecular weight excluding hydrogens is 324 g/mol. The Balaban J connectivity index is 1.27. The lowest BCUT2D eigenvalue weighted by Crippen LogP contribution is -2.52. The van der Waals surface area contributed by atoms with E-state index in [0.717, 1.165) is 35.4 Å². The predicted molar refractivity (Wildman–Crippen MR) is 102 cm³/mol. The van der Waals surface area contributed by atoms with E-state index < -0.39 is 0 Å². The van der Waals surface area contributed by atoms with Gasteiger partial charge >= 0.3 is 0 Å². The van der Waals surface area contributed by atoms with Gasteiger partial charge in [-0.25, -0.2) is 0 Å². The SMILES string of the molecule is Cc1ccc(C(=O)NCC(=O)NCC23CC4CC(CC(C4)C2)C3)cc1C. The van der Waals surface area contributed by atoms with Crippen molar-refractivity contribution in [2.45, 2.75) is 52.4 Å². The molecule has 26 heavy (non-hydrogen) atoms. The lowest BCUT2D eigenvalue weighted by Gasteiger charge is -2.56. The van der Waals surface area contributed by atoms with Crippen LogP contribution in [0.5, 0.6) is 0 Å². The summed E-state index contributed by atoms with van der Waals surface area (Å²) in [7, 11) is 0. The number of nitrogens with one attached hydrogen (secondary N) is 2. The van der Waals surface area contributed by atoms with Crippen LogP contribution in [0.1, 0.15) is 60.0 Å². The van der Waals surface area contributed by atoms with Gasteiger partial charge in [-0.15, -0.1) is 0 Å². The number of benzene rings is 1. The smallest absolute Gasteiger partial charge is 0.251 e. The van der Waals surface area contributed by atoms with Crippen molar-refractivity contribution in [2.75, 3.05) is 13.1 Å². The molecule has 4 aliphatic rings. The van der Waals surface area contributed by atoms with E-state index in [1.54, 1.807) is 0 Å². The Morgan fingerprint density at radius 3 is 2.15 bits per heavy atom. The first-order valence-electron chi connectivity index (χ1n) is 10.0. The highest BCUT2D eigenvalue weighted by Gasteiger charge is 2.50. The predicted octanol–water partition coefficient (Wildman–Crippen LogP) is 3.37. The fourth-order valence-corrected chi connectivity index (χ4v) is 6.00. The summed E-state index contributed by atoms with van der Waals surface area (Å²) in [5.74, 6) is 2.42. The largest absolute Gasteiger partial charge is 0.354 e. The molecule has 0 aromatic heterocycles. The van der Waals surface area contributed by atoms with Crippen molar-refractivity contribution in [3.05, 3.63) is 34.9 Å². The minimum atomic E-state index is -0.182. The van der Waals surface area contributed by atoms with Gasteiger partial charge in [0.1, 0.15) is 0 Å². The molecule has 2 N–H and O–H groups in total. The van der Waals surface area contributed by atoms with Gasteiger partial charge < -0.3 is 10.6 Å². The molecule has 0 spiro atoms. The second kappa shape index (κ2) is 6.71. The van der Waals surface area contributed by atoms with Gasteiger partial charge in [0.15, 0.2) is 0 Å². The molecule has 4 saturated carbocycles. The summed E-state index contributed by atoms with van der Waals surface area (Å²) in [5.41, 5.74) is 3.20. The van der Waals surface area contributed by atoms with E-state index in [2.05, 4.69) is 10.6 Å². The van der Waals surface area contributed by atoms with Crippen LogP contribution in [0.3, 0.4) is 0 Å². The zero-order valence-corrected chi connectivity index (χ0v) is 15.9. The van der Waals surface area contributed by atoms with Gasteiger partial charge in [-0.1, -0.05) is 6.07 Å². The van der Waals surface area contributed by atoms with E-state index in [1.165, 1.54) is 38.5 Å². The van der Waals surface area contributed by atoms with Gasteiger partial charge in [-0.3, -0.25) is 9.59 Å². The van der Waals surface area contributed by atoms with E-state index in [-0.39, 0.29) is 18.4 Å². The highest BCUT2D eigenvalue weighted by molar-refractivity contribution is 5.96. The van der Waals surface area contributed by atoms with Crippen molar-refractivity contribution < 1.29 is 9.59 Å². The topological polar surface area (TPSA) is 58.2 Å². The highest BCUT2D eigenvalue weighted by atomic mass is 16.2. The molecule has 1 aromatic rings. The average Bonchev–Trinajstić information content (AvgIpc) is 2.59. The first-order chi connectivity index (χ1) is 12.4. The second-order valence-electron chi connectivity index (χ2n) is 9.18. The zero-order chi connectivity index (χ0) is 18.3. The Bertz CT molecular complexity index is 690. The minimum absolute atomic E-state index is 0.0537. The molecule has 0 radical (unpaired) electrons. The first kappa shape index (κ1) is 17.6. The van der Waals surface area contributed by atoms with Crippen molar-refractivity contribution in [3.8, 4) is 0 Å². The summed E-state index contributed by atoms with van der Waals surface area (Å²) in [6.45, 7) is 4.85. The van der Waals surface area contributed by atoms with E-state index in [0.29, 0.717) is 11.0 Å². The van der Waals surface area contributed by atoms with Crippen LogP contribution < -0.4 is 10.6 Å². The first-order valence-corrected chi connectivity index (χ1v) is 10.0. The molecule has 2 amide bonds. The quantitative estimate of drug-likeness (QED) is 0.852. The third-order valence-electron chi connectivity index (χ3n) is 7.00. The minimum Gasteiger partial charge on any atom is -0.354 e. The van der Waals surface area contributed by atoms with Gasteiger partial charge in [0.25, 0.3) is 5.91 Å². The Morgan fingerprint density at radius 2 is 1.58 bits per heavy atom. The normalized spacial score (nSPS) is 31.7. The van der Waals surface area contributed by atoms with E-state index in [9.17, 15) is 9.59 Å². The Kier molecular flexibility index (Phi) is 4.54. The van der Waals surface area contributed by atoms with Gasteiger partial charge in [0.05, 0.1) is 6.54 Å². The molecule has 0 unspecified atom stereocenters. The molecule has 0 saturated heterocycles. The number of rotatable bonds is 5. The molecule has 4 heteroatoms. The Hall–Kier alpha value is -1.84. The van der Waals surface area contributed by atoms with E-state index in [1.807, 2.05) is 32.0 Å². The third kappa shape index (κ3) is 3.51. The summed E-state index contributed by atoms with van der Waals surface area (Å²) < 4.78 is 0. The number of carbonyl (C=O) groups is 2. The van der Waals surface area contributed by atoms with Crippen molar-refractivity contribution >= 4 is 11.8 Å². The van der Waals surface area contributed by atoms with Crippen LogP contribution in [0.4, 0.5) is 0 Å².